The Morgan fingerprint density at radius 3 is 2.09 bits per heavy atom. The molecule has 53 heavy (non-hydrogen) atoms. The number of rotatable bonds is 7. The average molecular weight is 761 g/mol. The Balaban J connectivity index is 1.85. The van der Waals surface area contributed by atoms with Gasteiger partial charge in [-0.1, -0.05) is 20.8 Å². The molecule has 16 nitrogen and oxygen atoms in total. The van der Waals surface area contributed by atoms with Crippen molar-refractivity contribution in [3.8, 4) is 0 Å². The van der Waals surface area contributed by atoms with E-state index in [9.17, 15) is 29.7 Å². The van der Waals surface area contributed by atoms with Crippen LogP contribution < -0.4 is 10.6 Å². The largest absolute Gasteiger partial charge is 0.459 e. The van der Waals surface area contributed by atoms with E-state index in [0.717, 1.165) is 0 Å². The van der Waals surface area contributed by atoms with Crippen LogP contribution >= 0.6 is 0 Å². The number of esters is 1. The SMILES string of the molecule is CC[C@H]1OC(=O)[C@H](C)[C@@H](O[C@H]2C[C@@](C)(OC)[C@@H](O)[C@H](C)O2)[C@H](C)[C@@H](O[C@@H]2O[C@H](C)C[C@@H]3NC(=O)O[C@@H]23)[C@](C)(OC)C[C@@H](C)C(=O)N[C@H](C)[C@@H](O)[C@]1(C)O. The molecular weight excluding hydrogens is 696 g/mol. The number of hydrogen-bond acceptors (Lipinski definition) is 14. The van der Waals surface area contributed by atoms with Gasteiger partial charge in [-0.25, -0.2) is 4.79 Å². The number of cyclic esters (lactones) is 1. The predicted octanol–water partition coefficient (Wildman–Crippen LogP) is 1.93. The smallest absolute Gasteiger partial charge is 0.408 e. The van der Waals surface area contributed by atoms with Gasteiger partial charge in [0.25, 0.3) is 0 Å². The Kier molecular flexibility index (Phi) is 13.9. The van der Waals surface area contributed by atoms with Crippen molar-refractivity contribution in [3.05, 3.63) is 0 Å². The van der Waals surface area contributed by atoms with Crippen molar-refractivity contribution in [2.75, 3.05) is 14.2 Å². The highest BCUT2D eigenvalue weighted by Crippen LogP contribution is 2.41. The summed E-state index contributed by atoms with van der Waals surface area (Å²) >= 11 is 0. The maximum atomic E-state index is 14.2. The van der Waals surface area contributed by atoms with Crippen molar-refractivity contribution in [1.82, 2.24) is 10.6 Å². The summed E-state index contributed by atoms with van der Waals surface area (Å²) in [6, 6.07) is -1.31. The normalized spacial score (nSPS) is 49.0. The number of amides is 2. The molecule has 4 aliphatic rings. The van der Waals surface area contributed by atoms with E-state index in [4.69, 9.17) is 37.9 Å². The van der Waals surface area contributed by atoms with Crippen molar-refractivity contribution in [3.63, 3.8) is 0 Å². The first-order valence-corrected chi connectivity index (χ1v) is 18.9. The number of aliphatic hydroxyl groups is 3. The van der Waals surface area contributed by atoms with E-state index in [1.807, 2.05) is 13.8 Å². The second kappa shape index (κ2) is 16.9. The molecule has 0 radical (unpaired) electrons. The molecule has 4 saturated heterocycles. The first-order chi connectivity index (χ1) is 24.6. The molecule has 0 spiro atoms. The molecule has 16 heteroatoms. The monoisotopic (exact) mass is 760 g/mol. The van der Waals surface area contributed by atoms with Gasteiger partial charge in [0.2, 0.25) is 5.91 Å². The Morgan fingerprint density at radius 1 is 0.849 bits per heavy atom. The van der Waals surface area contributed by atoms with E-state index in [1.54, 1.807) is 48.5 Å². The molecule has 4 fully saturated rings. The van der Waals surface area contributed by atoms with Crippen LogP contribution in [0.2, 0.25) is 0 Å². The van der Waals surface area contributed by atoms with Gasteiger partial charge in [-0.05, 0) is 67.7 Å². The number of alkyl carbamates (subject to hydrolysis) is 1. The standard InChI is InChI=1S/C37H64N2O14/c1-13-24-37(10,45)28(40)21(6)38-31(42)17(2)15-36(9,47-12)30(53-33-27-23(14-18(3)48-33)39-34(44)52-27)19(4)26(20(5)32(43)50-24)51-25-16-35(8,46-11)29(41)22(7)49-25/h17-30,33,40-41,45H,13-16H2,1-12H3,(H,38,42)(H,39,44)/t17-,18-,19+,20-,21-,22+,23+,24-,25+,26+,27-,28-,29+,30-,33+,35-,36-,37-/m1/s1. The lowest BCUT2D eigenvalue weighted by Gasteiger charge is -2.48. The van der Waals surface area contributed by atoms with Crippen LogP contribution in [0.3, 0.4) is 0 Å². The minimum absolute atomic E-state index is 0.0893. The number of nitrogens with one attached hydrogen (secondary N) is 2. The zero-order valence-corrected chi connectivity index (χ0v) is 33.3. The molecular formula is C37H64N2O14. The molecule has 4 heterocycles. The molecule has 5 N–H and O–H groups in total. The summed E-state index contributed by atoms with van der Waals surface area (Å²) in [6.45, 7) is 16.9. The van der Waals surface area contributed by atoms with Gasteiger partial charge in [0.15, 0.2) is 18.7 Å². The maximum Gasteiger partial charge on any atom is 0.408 e. The molecule has 0 unspecified atom stereocenters. The third-order valence-corrected chi connectivity index (χ3v) is 12.0. The third-order valence-electron chi connectivity index (χ3n) is 12.0. The highest BCUT2D eigenvalue weighted by Gasteiger charge is 2.54. The fraction of sp³-hybridized carbons (Fsp3) is 0.919. The number of carbonyl (C=O) groups is 3. The number of aliphatic hydroxyl groups excluding tert-OH is 2. The van der Waals surface area contributed by atoms with Crippen molar-refractivity contribution >= 4 is 18.0 Å². The van der Waals surface area contributed by atoms with Crippen LogP contribution in [0, 0.1) is 17.8 Å². The zero-order valence-electron chi connectivity index (χ0n) is 33.3. The Bertz CT molecular complexity index is 1290. The zero-order chi connectivity index (χ0) is 39.8. The molecule has 18 atom stereocenters. The fourth-order valence-electron chi connectivity index (χ4n) is 8.50. The molecule has 0 aromatic carbocycles. The molecule has 2 amide bonds. The maximum absolute atomic E-state index is 14.2. The van der Waals surface area contributed by atoms with E-state index in [0.29, 0.717) is 6.42 Å². The number of methoxy groups -OCH3 is 2. The summed E-state index contributed by atoms with van der Waals surface area (Å²) in [4.78, 5) is 40.3. The van der Waals surface area contributed by atoms with Gasteiger partial charge in [0.1, 0.15) is 23.9 Å². The molecule has 306 valence electrons. The lowest BCUT2D eigenvalue weighted by molar-refractivity contribution is -0.314. The van der Waals surface area contributed by atoms with Crippen LogP contribution in [-0.2, 0) is 47.5 Å². The van der Waals surface area contributed by atoms with E-state index in [-0.39, 0.29) is 31.4 Å². The van der Waals surface area contributed by atoms with Crippen molar-refractivity contribution in [2.24, 2.45) is 17.8 Å². The summed E-state index contributed by atoms with van der Waals surface area (Å²) in [7, 11) is 2.98. The molecule has 4 aliphatic heterocycles. The fourth-order valence-corrected chi connectivity index (χ4v) is 8.50. The van der Waals surface area contributed by atoms with Crippen LogP contribution in [0.25, 0.3) is 0 Å². The second-order valence-electron chi connectivity index (χ2n) is 16.3. The quantitative estimate of drug-likeness (QED) is 0.235. The molecule has 0 bridgehead atoms. The molecule has 0 aromatic rings. The van der Waals surface area contributed by atoms with Crippen molar-refractivity contribution < 1.29 is 67.6 Å². The van der Waals surface area contributed by atoms with Gasteiger partial charge in [-0.3, -0.25) is 9.59 Å². The van der Waals surface area contributed by atoms with Gasteiger partial charge in [-0.2, -0.15) is 0 Å². The minimum Gasteiger partial charge on any atom is -0.459 e. The third kappa shape index (κ3) is 9.12. The van der Waals surface area contributed by atoms with E-state index in [1.165, 1.54) is 21.1 Å². The summed E-state index contributed by atoms with van der Waals surface area (Å²) in [5.41, 5.74) is -4.27. The van der Waals surface area contributed by atoms with Crippen molar-refractivity contribution in [2.45, 2.75) is 185 Å². The Morgan fingerprint density at radius 2 is 1.49 bits per heavy atom. The number of hydrogen-bond donors (Lipinski definition) is 5. The number of ether oxygens (including phenoxy) is 8. The average Bonchev–Trinajstić information content (AvgIpc) is 3.48. The molecule has 0 aliphatic carbocycles. The first-order valence-electron chi connectivity index (χ1n) is 18.9. The van der Waals surface area contributed by atoms with Crippen LogP contribution in [0.4, 0.5) is 4.79 Å². The van der Waals surface area contributed by atoms with Gasteiger partial charge in [0.05, 0.1) is 53.6 Å². The number of carbonyl (C=O) groups excluding carboxylic acids is 3. The van der Waals surface area contributed by atoms with Crippen LogP contribution in [0.1, 0.15) is 94.9 Å². The number of fused-ring (bicyclic) bond motifs is 1. The first kappa shape index (κ1) is 43.6. The van der Waals surface area contributed by atoms with E-state index < -0.39 is 114 Å². The second-order valence-corrected chi connectivity index (χ2v) is 16.3. The molecule has 4 rings (SSSR count). The van der Waals surface area contributed by atoms with Crippen molar-refractivity contribution in [1.29, 1.82) is 0 Å². The van der Waals surface area contributed by atoms with Crippen LogP contribution in [0.15, 0.2) is 0 Å². The van der Waals surface area contributed by atoms with Gasteiger partial charge < -0.3 is 63.8 Å². The van der Waals surface area contributed by atoms with Crippen LogP contribution in [0.5, 0.6) is 0 Å². The lowest BCUT2D eigenvalue weighted by Crippen LogP contribution is -2.60. The highest BCUT2D eigenvalue weighted by molar-refractivity contribution is 5.78. The predicted molar refractivity (Wildman–Crippen MR) is 188 cm³/mol. The molecule has 0 aromatic heterocycles. The summed E-state index contributed by atoms with van der Waals surface area (Å²) in [6.07, 6.45) is -9.28. The van der Waals surface area contributed by atoms with E-state index >= 15 is 0 Å². The lowest BCUT2D eigenvalue weighted by atomic mass is 9.77. The van der Waals surface area contributed by atoms with Gasteiger partial charge in [-0.15, -0.1) is 0 Å². The van der Waals surface area contributed by atoms with E-state index in [2.05, 4.69) is 10.6 Å². The molecule has 0 saturated carbocycles. The summed E-state index contributed by atoms with van der Waals surface area (Å²) in [5, 5.41) is 39.5. The Hall–Kier alpha value is -2.15. The minimum atomic E-state index is -1.95. The van der Waals surface area contributed by atoms with Crippen LogP contribution in [-0.4, -0.2) is 138 Å². The van der Waals surface area contributed by atoms with Gasteiger partial charge in [0, 0.05) is 32.5 Å². The summed E-state index contributed by atoms with van der Waals surface area (Å²) in [5.74, 6) is -3.65. The summed E-state index contributed by atoms with van der Waals surface area (Å²) < 4.78 is 49.5. The Labute approximate surface area is 313 Å². The highest BCUT2D eigenvalue weighted by atomic mass is 16.7. The topological polar surface area (TPSA) is 210 Å². The van der Waals surface area contributed by atoms with Gasteiger partial charge >= 0.3 is 12.1 Å².